The molecule has 1 atom stereocenters. The quantitative estimate of drug-likeness (QED) is 0.420. The molecule has 0 saturated carbocycles. The Balaban J connectivity index is 2.05. The number of nitrogens with zero attached hydrogens (tertiary/aromatic N) is 2. The van der Waals surface area contributed by atoms with Gasteiger partial charge in [0.05, 0.1) is 11.9 Å². The molecule has 3 rings (SSSR count). The summed E-state index contributed by atoms with van der Waals surface area (Å²) in [4.78, 5) is 28.9. The molecule has 202 valence electrons. The molecule has 9 heteroatoms. The molecule has 0 heterocycles. The van der Waals surface area contributed by atoms with E-state index < -0.39 is 39.9 Å². The van der Waals surface area contributed by atoms with Crippen molar-refractivity contribution in [3.05, 3.63) is 102 Å². The number of amides is 2. The smallest absolute Gasteiger partial charge is 0.244 e. The van der Waals surface area contributed by atoms with Gasteiger partial charge in [-0.3, -0.25) is 13.9 Å². The molecular weight excluding hydrogens is 505 g/mol. The molecule has 0 aliphatic carbocycles. The van der Waals surface area contributed by atoms with Gasteiger partial charge in [-0.2, -0.15) is 0 Å². The van der Waals surface area contributed by atoms with Gasteiger partial charge in [-0.15, -0.1) is 0 Å². The van der Waals surface area contributed by atoms with Gasteiger partial charge in [-0.25, -0.2) is 12.8 Å². The summed E-state index contributed by atoms with van der Waals surface area (Å²) < 4.78 is 40.2. The minimum Gasteiger partial charge on any atom is -0.350 e. The number of hydrogen-bond acceptors (Lipinski definition) is 4. The fraction of sp³-hybridized carbons (Fsp3) is 0.310. The first-order valence-electron chi connectivity index (χ1n) is 12.3. The lowest BCUT2D eigenvalue weighted by atomic mass is 10.0. The lowest BCUT2D eigenvalue weighted by Gasteiger charge is -2.35. The Kier molecular flexibility index (Phi) is 9.27. The predicted molar refractivity (Wildman–Crippen MR) is 147 cm³/mol. The Bertz CT molecular complexity index is 1340. The monoisotopic (exact) mass is 539 g/mol. The van der Waals surface area contributed by atoms with Crippen molar-refractivity contribution in [2.45, 2.75) is 45.3 Å². The number of nitrogens with one attached hydrogen (secondary N) is 1. The fourth-order valence-electron chi connectivity index (χ4n) is 4.03. The van der Waals surface area contributed by atoms with Gasteiger partial charge < -0.3 is 10.2 Å². The van der Waals surface area contributed by atoms with Crippen molar-refractivity contribution in [1.82, 2.24) is 10.2 Å². The number of rotatable bonds is 10. The maximum atomic E-state index is 14.0. The van der Waals surface area contributed by atoms with E-state index in [4.69, 9.17) is 0 Å². The number of anilines is 1. The summed E-state index contributed by atoms with van der Waals surface area (Å²) in [5.41, 5.74) is 1.09. The van der Waals surface area contributed by atoms with Gasteiger partial charge in [0.25, 0.3) is 0 Å². The first-order chi connectivity index (χ1) is 17.8. The summed E-state index contributed by atoms with van der Waals surface area (Å²) in [5, 5.41) is 2.97. The summed E-state index contributed by atoms with van der Waals surface area (Å²) in [6.07, 6.45) is 1.18. The maximum absolute atomic E-state index is 14.0. The Labute approximate surface area is 224 Å². The van der Waals surface area contributed by atoms with Crippen LogP contribution in [-0.2, 0) is 32.6 Å². The van der Waals surface area contributed by atoms with Crippen molar-refractivity contribution >= 4 is 27.5 Å². The van der Waals surface area contributed by atoms with Crippen LogP contribution in [-0.4, -0.2) is 49.5 Å². The van der Waals surface area contributed by atoms with Crippen LogP contribution in [0.3, 0.4) is 0 Å². The van der Waals surface area contributed by atoms with Gasteiger partial charge in [0.1, 0.15) is 18.4 Å². The molecule has 0 aliphatic heterocycles. The van der Waals surface area contributed by atoms with E-state index in [0.29, 0.717) is 0 Å². The van der Waals surface area contributed by atoms with E-state index in [-0.39, 0.29) is 24.6 Å². The first-order valence-corrected chi connectivity index (χ1v) is 14.1. The average Bonchev–Trinajstić information content (AvgIpc) is 2.84. The summed E-state index contributed by atoms with van der Waals surface area (Å²) in [6.45, 7) is 5.04. The van der Waals surface area contributed by atoms with Gasteiger partial charge in [0.2, 0.25) is 21.8 Å². The van der Waals surface area contributed by atoms with E-state index in [0.717, 1.165) is 27.8 Å². The largest absolute Gasteiger partial charge is 0.350 e. The van der Waals surface area contributed by atoms with Crippen molar-refractivity contribution < 1.29 is 22.4 Å². The molecule has 0 radical (unpaired) electrons. The highest BCUT2D eigenvalue weighted by Crippen LogP contribution is 2.21. The van der Waals surface area contributed by atoms with E-state index in [2.05, 4.69) is 5.32 Å². The minimum atomic E-state index is -3.95. The summed E-state index contributed by atoms with van der Waals surface area (Å²) in [6, 6.07) is 22.6. The molecule has 0 fully saturated rings. The zero-order valence-corrected chi connectivity index (χ0v) is 22.9. The average molecular weight is 540 g/mol. The van der Waals surface area contributed by atoms with E-state index >= 15 is 0 Å². The first kappa shape index (κ1) is 28.8. The number of carbonyl (C=O) groups is 2. The van der Waals surface area contributed by atoms with Crippen molar-refractivity contribution in [3.63, 3.8) is 0 Å². The van der Waals surface area contributed by atoms with Crippen LogP contribution in [0.5, 0.6) is 0 Å². The number of sulfonamides is 1. The lowest BCUT2D eigenvalue weighted by molar-refractivity contribution is -0.140. The minimum absolute atomic E-state index is 0.0271. The van der Waals surface area contributed by atoms with Crippen LogP contribution < -0.4 is 9.62 Å². The van der Waals surface area contributed by atoms with Crippen molar-refractivity contribution in [3.8, 4) is 0 Å². The second-order valence-electron chi connectivity index (χ2n) is 10.2. The second-order valence-corrected chi connectivity index (χ2v) is 12.1. The molecule has 1 unspecified atom stereocenters. The SMILES string of the molecule is CC(C)(C)NC(=O)C(Cc1ccccc1)N(Cc1ccccc1)C(=O)CN(c1cccc(F)c1)S(C)(=O)=O. The fourth-order valence-corrected chi connectivity index (χ4v) is 4.87. The van der Waals surface area contributed by atoms with Gasteiger partial charge >= 0.3 is 0 Å². The zero-order chi connectivity index (χ0) is 27.9. The number of halogens is 1. The summed E-state index contributed by atoms with van der Waals surface area (Å²) >= 11 is 0. The zero-order valence-electron chi connectivity index (χ0n) is 22.1. The third kappa shape index (κ3) is 8.41. The van der Waals surface area contributed by atoms with Gasteiger partial charge in [-0.1, -0.05) is 66.7 Å². The molecule has 0 aliphatic rings. The normalized spacial score (nSPS) is 12.4. The summed E-state index contributed by atoms with van der Waals surface area (Å²) in [7, 11) is -3.95. The molecule has 0 spiro atoms. The number of hydrogen-bond donors (Lipinski definition) is 1. The molecule has 0 aromatic heterocycles. The summed E-state index contributed by atoms with van der Waals surface area (Å²) in [5.74, 6) is -1.58. The van der Waals surface area contributed by atoms with Crippen LogP contribution in [0.1, 0.15) is 31.9 Å². The molecular formula is C29H34FN3O4S. The highest BCUT2D eigenvalue weighted by atomic mass is 32.2. The predicted octanol–water partition coefficient (Wildman–Crippen LogP) is 4.15. The van der Waals surface area contributed by atoms with E-state index in [9.17, 15) is 22.4 Å². The second kappa shape index (κ2) is 12.2. The Hall–Kier alpha value is -3.72. The van der Waals surface area contributed by atoms with Crippen molar-refractivity contribution in [2.75, 3.05) is 17.1 Å². The number of benzene rings is 3. The Morgan fingerprint density at radius 1 is 0.895 bits per heavy atom. The van der Waals surface area contributed by atoms with Crippen LogP contribution >= 0.6 is 0 Å². The van der Waals surface area contributed by atoms with Gasteiger partial charge in [-0.05, 0) is 50.1 Å². The van der Waals surface area contributed by atoms with Gasteiger partial charge in [0, 0.05) is 18.5 Å². The molecule has 1 N–H and O–H groups in total. The Morgan fingerprint density at radius 3 is 2.00 bits per heavy atom. The third-order valence-electron chi connectivity index (χ3n) is 5.74. The van der Waals surface area contributed by atoms with E-state index in [1.807, 2.05) is 81.4 Å². The van der Waals surface area contributed by atoms with E-state index in [1.54, 1.807) is 0 Å². The Morgan fingerprint density at radius 2 is 1.47 bits per heavy atom. The van der Waals surface area contributed by atoms with Crippen LogP contribution in [0.25, 0.3) is 0 Å². The molecule has 0 saturated heterocycles. The highest BCUT2D eigenvalue weighted by molar-refractivity contribution is 7.92. The standard InChI is InChI=1S/C29H34FN3O4S/c1-29(2,3)31-28(35)26(18-22-12-7-5-8-13-22)32(20-23-14-9-6-10-15-23)27(34)21-33(38(4,36)37)25-17-11-16-24(30)19-25/h5-17,19,26H,18,20-21H2,1-4H3,(H,31,35). The topological polar surface area (TPSA) is 86.8 Å². The molecule has 7 nitrogen and oxygen atoms in total. The van der Waals surface area contributed by atoms with Crippen molar-refractivity contribution in [2.24, 2.45) is 0 Å². The van der Waals surface area contributed by atoms with Crippen LogP contribution in [0, 0.1) is 5.82 Å². The van der Waals surface area contributed by atoms with Gasteiger partial charge in [0.15, 0.2) is 0 Å². The molecule has 38 heavy (non-hydrogen) atoms. The molecule has 2 amide bonds. The lowest BCUT2D eigenvalue weighted by Crippen LogP contribution is -2.56. The maximum Gasteiger partial charge on any atom is 0.244 e. The highest BCUT2D eigenvalue weighted by Gasteiger charge is 2.34. The molecule has 3 aromatic rings. The number of carbonyl (C=O) groups excluding carboxylic acids is 2. The van der Waals surface area contributed by atoms with Crippen LogP contribution in [0.15, 0.2) is 84.9 Å². The van der Waals surface area contributed by atoms with E-state index in [1.165, 1.54) is 23.1 Å². The van der Waals surface area contributed by atoms with Crippen LogP contribution in [0.2, 0.25) is 0 Å². The van der Waals surface area contributed by atoms with Crippen molar-refractivity contribution in [1.29, 1.82) is 0 Å². The molecule has 0 bridgehead atoms. The third-order valence-corrected chi connectivity index (χ3v) is 6.88. The molecule has 3 aromatic carbocycles. The van der Waals surface area contributed by atoms with Crippen LogP contribution in [0.4, 0.5) is 10.1 Å².